The molecule has 1 spiro atoms. The van der Waals surface area contributed by atoms with Crippen LogP contribution in [-0.4, -0.2) is 29.3 Å². The molecule has 31 heavy (non-hydrogen) atoms. The number of hydrogen-bond acceptors (Lipinski definition) is 3. The minimum Gasteiger partial charge on any atom is -0.347 e. The summed E-state index contributed by atoms with van der Waals surface area (Å²) in [5.41, 5.74) is 1.90. The van der Waals surface area contributed by atoms with Gasteiger partial charge in [-0.05, 0) is 35.4 Å². The van der Waals surface area contributed by atoms with Crippen LogP contribution < -0.4 is 10.6 Å². The minimum absolute atomic E-state index is 0.161. The van der Waals surface area contributed by atoms with Gasteiger partial charge in [-0.2, -0.15) is 0 Å². The molecule has 1 aliphatic heterocycles. The highest BCUT2D eigenvalue weighted by atomic mass is 16.2. The summed E-state index contributed by atoms with van der Waals surface area (Å²) in [6, 6.07) is 16.9. The first-order valence-electron chi connectivity index (χ1n) is 11.1. The van der Waals surface area contributed by atoms with Crippen molar-refractivity contribution in [1.82, 2.24) is 15.5 Å². The Kier molecular flexibility index (Phi) is 5.81. The van der Waals surface area contributed by atoms with Gasteiger partial charge >= 0.3 is 6.03 Å². The molecule has 2 N–H and O–H groups in total. The third-order valence-corrected chi connectivity index (χ3v) is 6.72. The molecule has 1 saturated heterocycles. The molecule has 2 aromatic carbocycles. The second-order valence-corrected chi connectivity index (χ2v) is 8.42. The zero-order chi connectivity index (χ0) is 22.0. The lowest BCUT2D eigenvalue weighted by atomic mass is 9.89. The molecule has 162 valence electrons. The zero-order valence-electron chi connectivity index (χ0n) is 18.1. The lowest BCUT2D eigenvalue weighted by molar-refractivity contribution is -0.135. The van der Waals surface area contributed by atoms with Crippen molar-refractivity contribution >= 4 is 17.8 Å². The van der Waals surface area contributed by atoms with Crippen LogP contribution in [0, 0.1) is 5.92 Å². The Balaban J connectivity index is 1.52. The maximum Gasteiger partial charge on any atom is 0.325 e. The van der Waals surface area contributed by atoms with E-state index in [-0.39, 0.29) is 30.3 Å². The normalized spacial score (nSPS) is 20.8. The predicted octanol–water partition coefficient (Wildman–Crippen LogP) is 3.67. The van der Waals surface area contributed by atoms with E-state index in [0.717, 1.165) is 40.9 Å². The Morgan fingerprint density at radius 3 is 2.45 bits per heavy atom. The fourth-order valence-electron chi connectivity index (χ4n) is 4.99. The number of aryl methyl sites for hydroxylation is 1. The summed E-state index contributed by atoms with van der Waals surface area (Å²) < 4.78 is 0. The quantitative estimate of drug-likeness (QED) is 0.672. The fraction of sp³-hybridized carbons (Fsp3) is 0.400. The second-order valence-electron chi connectivity index (χ2n) is 8.42. The van der Waals surface area contributed by atoms with Gasteiger partial charge in [-0.1, -0.05) is 81.3 Å². The van der Waals surface area contributed by atoms with E-state index < -0.39 is 11.6 Å². The van der Waals surface area contributed by atoms with Crippen LogP contribution in [0.3, 0.4) is 0 Å². The third-order valence-electron chi connectivity index (χ3n) is 6.72. The van der Waals surface area contributed by atoms with Crippen LogP contribution in [0.2, 0.25) is 0 Å². The van der Waals surface area contributed by atoms with Crippen molar-refractivity contribution in [2.45, 2.75) is 51.1 Å². The number of amides is 4. The number of hydrogen-bond donors (Lipinski definition) is 2. The highest BCUT2D eigenvalue weighted by Gasteiger charge is 2.55. The number of benzene rings is 2. The van der Waals surface area contributed by atoms with Crippen molar-refractivity contribution in [1.29, 1.82) is 0 Å². The van der Waals surface area contributed by atoms with E-state index >= 15 is 0 Å². The first-order valence-corrected chi connectivity index (χ1v) is 11.1. The number of carbonyl (C=O) groups is 3. The molecule has 6 nitrogen and oxygen atoms in total. The standard InChI is InChI=1S/C25H29N3O3/c1-3-17(4-2)22(19-11-6-5-7-12-19)26-21(29)16-28-23(30)25(27-24(28)31)15-14-18-10-8-9-13-20(18)25/h5-13,17,22H,3-4,14-16H2,1-2H3,(H,26,29)(H,27,31). The van der Waals surface area contributed by atoms with E-state index in [9.17, 15) is 14.4 Å². The molecule has 0 radical (unpaired) electrons. The summed E-state index contributed by atoms with van der Waals surface area (Å²) in [6.07, 6.45) is 3.08. The second kappa shape index (κ2) is 8.53. The molecule has 0 saturated carbocycles. The number of fused-ring (bicyclic) bond motifs is 2. The molecule has 0 bridgehead atoms. The zero-order valence-corrected chi connectivity index (χ0v) is 18.1. The summed E-state index contributed by atoms with van der Waals surface area (Å²) in [4.78, 5) is 40.0. The van der Waals surface area contributed by atoms with Gasteiger partial charge in [-0.15, -0.1) is 0 Å². The Hall–Kier alpha value is -3.15. The number of urea groups is 1. The highest BCUT2D eigenvalue weighted by molar-refractivity contribution is 6.09. The van der Waals surface area contributed by atoms with E-state index in [1.165, 1.54) is 0 Å². The van der Waals surface area contributed by atoms with Crippen molar-refractivity contribution in [2.75, 3.05) is 6.54 Å². The summed E-state index contributed by atoms with van der Waals surface area (Å²) >= 11 is 0. The number of nitrogens with zero attached hydrogens (tertiary/aromatic N) is 1. The van der Waals surface area contributed by atoms with Gasteiger partial charge in [-0.25, -0.2) is 4.79 Å². The summed E-state index contributed by atoms with van der Waals surface area (Å²) in [7, 11) is 0. The van der Waals surface area contributed by atoms with Gasteiger partial charge in [0.25, 0.3) is 5.91 Å². The molecule has 6 heteroatoms. The van der Waals surface area contributed by atoms with Crippen LogP contribution in [0.25, 0.3) is 0 Å². The lowest BCUT2D eigenvalue weighted by Gasteiger charge is -2.28. The molecule has 2 aliphatic rings. The van der Waals surface area contributed by atoms with E-state index in [0.29, 0.717) is 6.42 Å². The van der Waals surface area contributed by atoms with Crippen LogP contribution in [0.4, 0.5) is 4.79 Å². The largest absolute Gasteiger partial charge is 0.347 e. The first kappa shape index (κ1) is 21.1. The van der Waals surface area contributed by atoms with E-state index in [1.54, 1.807) is 0 Å². The van der Waals surface area contributed by atoms with Crippen LogP contribution in [-0.2, 0) is 21.5 Å². The van der Waals surface area contributed by atoms with Gasteiger partial charge in [0, 0.05) is 0 Å². The number of rotatable bonds is 7. The predicted molar refractivity (Wildman–Crippen MR) is 118 cm³/mol. The van der Waals surface area contributed by atoms with Gasteiger partial charge in [-0.3, -0.25) is 14.5 Å². The summed E-state index contributed by atoms with van der Waals surface area (Å²) in [5, 5.41) is 5.97. The fourth-order valence-corrected chi connectivity index (χ4v) is 4.99. The maximum absolute atomic E-state index is 13.3. The van der Waals surface area contributed by atoms with Crippen LogP contribution in [0.1, 0.15) is 55.8 Å². The smallest absolute Gasteiger partial charge is 0.325 e. The van der Waals surface area contributed by atoms with Gasteiger partial charge < -0.3 is 10.6 Å². The molecule has 4 rings (SSSR count). The molecule has 1 aliphatic carbocycles. The minimum atomic E-state index is -1.04. The SMILES string of the molecule is CCC(CC)C(NC(=O)CN1C(=O)NC2(CCc3ccccc32)C1=O)c1ccccc1. The summed E-state index contributed by atoms with van der Waals surface area (Å²) in [5.74, 6) is -0.397. The topological polar surface area (TPSA) is 78.5 Å². The summed E-state index contributed by atoms with van der Waals surface area (Å²) in [6.45, 7) is 3.93. The van der Waals surface area contributed by atoms with E-state index in [2.05, 4.69) is 24.5 Å². The molecule has 2 aromatic rings. The number of imide groups is 1. The Morgan fingerprint density at radius 2 is 1.74 bits per heavy atom. The van der Waals surface area contributed by atoms with E-state index in [4.69, 9.17) is 0 Å². The van der Waals surface area contributed by atoms with Gasteiger partial charge in [0.2, 0.25) is 5.91 Å². The average molecular weight is 420 g/mol. The molecule has 2 atom stereocenters. The third kappa shape index (κ3) is 3.71. The van der Waals surface area contributed by atoms with Crippen molar-refractivity contribution < 1.29 is 14.4 Å². The lowest BCUT2D eigenvalue weighted by Crippen LogP contribution is -2.45. The van der Waals surface area contributed by atoms with Gasteiger partial charge in [0.1, 0.15) is 12.1 Å². The average Bonchev–Trinajstić information content (AvgIpc) is 3.27. The van der Waals surface area contributed by atoms with Crippen molar-refractivity contribution in [3.8, 4) is 0 Å². The van der Waals surface area contributed by atoms with Crippen molar-refractivity contribution in [3.05, 3.63) is 71.3 Å². The van der Waals surface area contributed by atoms with Crippen molar-refractivity contribution in [2.24, 2.45) is 5.92 Å². The first-order chi connectivity index (χ1) is 15.0. The van der Waals surface area contributed by atoms with Crippen molar-refractivity contribution in [3.63, 3.8) is 0 Å². The van der Waals surface area contributed by atoms with Gasteiger partial charge in [0.05, 0.1) is 6.04 Å². The number of nitrogens with one attached hydrogen (secondary N) is 2. The molecule has 1 fully saturated rings. The molecule has 0 aromatic heterocycles. The molecular formula is C25H29N3O3. The Morgan fingerprint density at radius 1 is 1.06 bits per heavy atom. The molecular weight excluding hydrogens is 390 g/mol. The van der Waals surface area contributed by atoms with Crippen LogP contribution in [0.15, 0.2) is 54.6 Å². The van der Waals surface area contributed by atoms with Gasteiger partial charge in [0.15, 0.2) is 0 Å². The Bertz CT molecular complexity index is 987. The van der Waals surface area contributed by atoms with Crippen LogP contribution in [0.5, 0.6) is 0 Å². The molecule has 1 heterocycles. The monoisotopic (exact) mass is 419 g/mol. The van der Waals surface area contributed by atoms with Crippen LogP contribution >= 0.6 is 0 Å². The Labute approximate surface area is 183 Å². The number of carbonyl (C=O) groups excluding carboxylic acids is 3. The molecule has 4 amide bonds. The molecule has 2 unspecified atom stereocenters. The maximum atomic E-state index is 13.3. The van der Waals surface area contributed by atoms with E-state index in [1.807, 2.05) is 54.6 Å². The highest BCUT2D eigenvalue weighted by Crippen LogP contribution is 2.41.